The zero-order valence-electron chi connectivity index (χ0n) is 8.39. The second kappa shape index (κ2) is 4.03. The van der Waals surface area contributed by atoms with Gasteiger partial charge in [-0.3, -0.25) is 4.98 Å². The van der Waals surface area contributed by atoms with Gasteiger partial charge < -0.3 is 5.32 Å². The van der Waals surface area contributed by atoms with Gasteiger partial charge in [0.05, 0.1) is 17.1 Å². The number of anilines is 1. The lowest BCUT2D eigenvalue weighted by atomic mass is 10.3. The van der Waals surface area contributed by atoms with Crippen LogP contribution >= 0.6 is 0 Å². The average Bonchev–Trinajstić information content (AvgIpc) is 2.09. The first-order chi connectivity index (χ1) is 6.15. The predicted molar refractivity (Wildman–Crippen MR) is 54.9 cm³/mol. The third-order valence-corrected chi connectivity index (χ3v) is 1.90. The maximum Gasteiger partial charge on any atom is 0.148 e. The molecule has 1 heterocycles. The quantitative estimate of drug-likeness (QED) is 0.717. The Morgan fingerprint density at radius 3 is 2.38 bits per heavy atom. The van der Waals surface area contributed by atoms with E-state index >= 15 is 0 Å². The Morgan fingerprint density at radius 1 is 1.15 bits per heavy atom. The fourth-order valence-electron chi connectivity index (χ4n) is 1.05. The Bertz CT molecular complexity index is 318. The molecule has 1 aromatic heterocycles. The molecule has 70 valence electrons. The second-order valence-electron chi connectivity index (χ2n) is 3.00. The molecule has 3 heteroatoms. The summed E-state index contributed by atoms with van der Waals surface area (Å²) in [5.74, 6) is 0.850. The van der Waals surface area contributed by atoms with Crippen LogP contribution in [0.4, 0.5) is 5.82 Å². The molecule has 0 atom stereocenters. The van der Waals surface area contributed by atoms with Crippen molar-refractivity contribution >= 4 is 5.82 Å². The fourth-order valence-corrected chi connectivity index (χ4v) is 1.05. The molecule has 1 rings (SSSR count). The van der Waals surface area contributed by atoms with Crippen molar-refractivity contribution in [3.8, 4) is 0 Å². The number of hydrogen-bond donors (Lipinski definition) is 1. The van der Waals surface area contributed by atoms with Crippen LogP contribution in [0.2, 0.25) is 0 Å². The summed E-state index contributed by atoms with van der Waals surface area (Å²) in [7, 11) is 0. The van der Waals surface area contributed by atoms with E-state index in [0.717, 1.165) is 29.4 Å². The van der Waals surface area contributed by atoms with Crippen molar-refractivity contribution in [2.75, 3.05) is 11.9 Å². The fraction of sp³-hybridized carbons (Fsp3) is 0.400. The molecule has 0 bridgehead atoms. The third kappa shape index (κ3) is 2.28. The van der Waals surface area contributed by atoms with Gasteiger partial charge in [-0.1, -0.05) is 6.08 Å². The lowest BCUT2D eigenvalue weighted by molar-refractivity contribution is 0.997. The Hall–Kier alpha value is -1.38. The van der Waals surface area contributed by atoms with E-state index in [-0.39, 0.29) is 0 Å². The van der Waals surface area contributed by atoms with E-state index in [2.05, 4.69) is 21.9 Å². The van der Waals surface area contributed by atoms with Crippen molar-refractivity contribution < 1.29 is 0 Å². The van der Waals surface area contributed by atoms with Gasteiger partial charge in [0.1, 0.15) is 5.82 Å². The smallest absolute Gasteiger partial charge is 0.148 e. The zero-order chi connectivity index (χ0) is 9.84. The van der Waals surface area contributed by atoms with Gasteiger partial charge in [0.15, 0.2) is 0 Å². The molecule has 0 spiro atoms. The standard InChI is InChI=1S/C10H15N3/c1-5-6-11-10-9(4)12-7(2)8(3)13-10/h5H,1,6H2,2-4H3,(H,11,13). The molecule has 0 aliphatic carbocycles. The maximum atomic E-state index is 4.39. The molecule has 0 radical (unpaired) electrons. The van der Waals surface area contributed by atoms with Crippen LogP contribution in [-0.2, 0) is 0 Å². The Labute approximate surface area is 78.9 Å². The summed E-state index contributed by atoms with van der Waals surface area (Å²) >= 11 is 0. The lowest BCUT2D eigenvalue weighted by Crippen LogP contribution is -2.06. The number of hydrogen-bond acceptors (Lipinski definition) is 3. The summed E-state index contributed by atoms with van der Waals surface area (Å²) in [4.78, 5) is 8.76. The molecule has 13 heavy (non-hydrogen) atoms. The minimum Gasteiger partial charge on any atom is -0.365 e. The normalized spacial score (nSPS) is 9.77. The molecule has 1 aromatic rings. The largest absolute Gasteiger partial charge is 0.365 e. The molecular formula is C10H15N3. The lowest BCUT2D eigenvalue weighted by Gasteiger charge is -2.08. The van der Waals surface area contributed by atoms with E-state index in [9.17, 15) is 0 Å². The van der Waals surface area contributed by atoms with E-state index in [4.69, 9.17) is 0 Å². The van der Waals surface area contributed by atoms with Gasteiger partial charge in [-0.15, -0.1) is 6.58 Å². The van der Waals surface area contributed by atoms with Crippen LogP contribution in [0.5, 0.6) is 0 Å². The van der Waals surface area contributed by atoms with Crippen molar-refractivity contribution in [2.24, 2.45) is 0 Å². The van der Waals surface area contributed by atoms with Gasteiger partial charge in [0.2, 0.25) is 0 Å². The Morgan fingerprint density at radius 2 is 1.77 bits per heavy atom. The molecule has 1 N–H and O–H groups in total. The first-order valence-corrected chi connectivity index (χ1v) is 4.31. The highest BCUT2D eigenvalue weighted by molar-refractivity contribution is 5.41. The number of aromatic nitrogens is 2. The van der Waals surface area contributed by atoms with E-state index in [1.54, 1.807) is 6.08 Å². The van der Waals surface area contributed by atoms with E-state index < -0.39 is 0 Å². The van der Waals surface area contributed by atoms with Crippen molar-refractivity contribution in [1.82, 2.24) is 9.97 Å². The van der Waals surface area contributed by atoms with Crippen LogP contribution in [0.15, 0.2) is 12.7 Å². The number of nitrogens with zero attached hydrogens (tertiary/aromatic N) is 2. The number of nitrogens with one attached hydrogen (secondary N) is 1. The minimum atomic E-state index is 0.720. The summed E-state index contributed by atoms with van der Waals surface area (Å²) in [6.45, 7) is 10.2. The van der Waals surface area contributed by atoms with Crippen LogP contribution < -0.4 is 5.32 Å². The van der Waals surface area contributed by atoms with Crippen LogP contribution in [0.3, 0.4) is 0 Å². The van der Waals surface area contributed by atoms with Gasteiger partial charge in [0.25, 0.3) is 0 Å². The topological polar surface area (TPSA) is 37.8 Å². The molecule has 0 saturated carbocycles. The van der Waals surface area contributed by atoms with Gasteiger partial charge in [-0.2, -0.15) is 0 Å². The zero-order valence-corrected chi connectivity index (χ0v) is 8.39. The summed E-state index contributed by atoms with van der Waals surface area (Å²) in [5.41, 5.74) is 2.89. The van der Waals surface area contributed by atoms with Crippen LogP contribution in [0, 0.1) is 20.8 Å². The summed E-state index contributed by atoms with van der Waals surface area (Å²) in [6, 6.07) is 0. The second-order valence-corrected chi connectivity index (χ2v) is 3.00. The van der Waals surface area contributed by atoms with Crippen LogP contribution in [0.1, 0.15) is 17.1 Å². The van der Waals surface area contributed by atoms with Crippen LogP contribution in [-0.4, -0.2) is 16.5 Å². The molecule has 0 aliphatic rings. The summed E-state index contributed by atoms with van der Waals surface area (Å²) in [5, 5.41) is 3.14. The molecule has 0 fully saturated rings. The third-order valence-electron chi connectivity index (χ3n) is 1.90. The van der Waals surface area contributed by atoms with E-state index in [1.807, 2.05) is 20.8 Å². The Balaban J connectivity index is 2.94. The highest BCUT2D eigenvalue weighted by Crippen LogP contribution is 2.11. The average molecular weight is 177 g/mol. The first-order valence-electron chi connectivity index (χ1n) is 4.31. The highest BCUT2D eigenvalue weighted by atomic mass is 15.0. The van der Waals surface area contributed by atoms with Crippen molar-refractivity contribution in [2.45, 2.75) is 20.8 Å². The molecule has 0 aliphatic heterocycles. The van der Waals surface area contributed by atoms with Crippen molar-refractivity contribution in [3.63, 3.8) is 0 Å². The molecule has 0 amide bonds. The van der Waals surface area contributed by atoms with Crippen LogP contribution in [0.25, 0.3) is 0 Å². The highest BCUT2D eigenvalue weighted by Gasteiger charge is 2.02. The predicted octanol–water partition coefficient (Wildman–Crippen LogP) is 2.00. The van der Waals surface area contributed by atoms with Gasteiger partial charge in [-0.25, -0.2) is 4.98 Å². The Kier molecular flexibility index (Phi) is 3.01. The van der Waals surface area contributed by atoms with E-state index in [0.29, 0.717) is 0 Å². The number of aryl methyl sites for hydroxylation is 3. The molecule has 0 saturated heterocycles. The van der Waals surface area contributed by atoms with Gasteiger partial charge in [-0.05, 0) is 20.8 Å². The van der Waals surface area contributed by atoms with Gasteiger partial charge >= 0.3 is 0 Å². The SMILES string of the molecule is C=CCNc1nc(C)c(C)nc1C. The molecule has 0 aromatic carbocycles. The molecular weight excluding hydrogens is 162 g/mol. The summed E-state index contributed by atoms with van der Waals surface area (Å²) < 4.78 is 0. The van der Waals surface area contributed by atoms with Gasteiger partial charge in [0, 0.05) is 6.54 Å². The summed E-state index contributed by atoms with van der Waals surface area (Å²) in [6.07, 6.45) is 1.80. The monoisotopic (exact) mass is 177 g/mol. The maximum absolute atomic E-state index is 4.39. The van der Waals surface area contributed by atoms with Crippen molar-refractivity contribution in [1.29, 1.82) is 0 Å². The minimum absolute atomic E-state index is 0.720. The first kappa shape index (κ1) is 9.71. The number of rotatable bonds is 3. The van der Waals surface area contributed by atoms with E-state index in [1.165, 1.54) is 0 Å². The molecule has 0 unspecified atom stereocenters. The molecule has 3 nitrogen and oxygen atoms in total. The van der Waals surface area contributed by atoms with Crippen molar-refractivity contribution in [3.05, 3.63) is 29.7 Å².